The molecule has 0 aromatic heterocycles. The summed E-state index contributed by atoms with van der Waals surface area (Å²) in [6.45, 7) is 2.21. The molecule has 2 fully saturated rings. The normalized spacial score (nSPS) is 27.8. The van der Waals surface area contributed by atoms with E-state index in [1.807, 2.05) is 6.92 Å². The zero-order valence-electron chi connectivity index (χ0n) is 12.7. The first-order valence-electron chi connectivity index (χ1n) is 7.60. The van der Waals surface area contributed by atoms with Gasteiger partial charge in [-0.05, 0) is 25.5 Å². The number of β-amino-alcohol motifs (C(OH)–C–C–N with tert-alkyl or cyclic N) is 1. The highest BCUT2D eigenvalue weighted by molar-refractivity contribution is 6.00. The summed E-state index contributed by atoms with van der Waals surface area (Å²) in [5.41, 5.74) is 0.123. The Morgan fingerprint density at radius 1 is 1.22 bits per heavy atom. The van der Waals surface area contributed by atoms with Gasteiger partial charge < -0.3 is 14.9 Å². The van der Waals surface area contributed by atoms with E-state index in [4.69, 9.17) is 0 Å². The van der Waals surface area contributed by atoms with E-state index in [0.29, 0.717) is 6.42 Å². The molecule has 0 aliphatic carbocycles. The molecule has 0 bridgehead atoms. The molecule has 1 aromatic carbocycles. The molecular weight excluding hydrogens is 306 g/mol. The van der Waals surface area contributed by atoms with E-state index in [9.17, 15) is 23.5 Å². The number of rotatable bonds is 2. The van der Waals surface area contributed by atoms with Crippen LogP contribution in [-0.2, 0) is 9.59 Å². The van der Waals surface area contributed by atoms with Crippen LogP contribution in [0, 0.1) is 17.6 Å². The van der Waals surface area contributed by atoms with E-state index >= 15 is 0 Å². The van der Waals surface area contributed by atoms with Gasteiger partial charge in [-0.25, -0.2) is 8.78 Å². The number of aliphatic hydroxyl groups is 1. The Labute approximate surface area is 132 Å². The van der Waals surface area contributed by atoms with Crippen molar-refractivity contribution in [1.82, 2.24) is 4.90 Å². The molecule has 2 amide bonds. The minimum absolute atomic E-state index is 0.0102. The van der Waals surface area contributed by atoms with E-state index in [2.05, 4.69) is 0 Å². The highest BCUT2D eigenvalue weighted by Crippen LogP contribution is 2.29. The number of carbonyl (C=O) groups excluding carboxylic acids is 2. The Kier molecular flexibility index (Phi) is 4.06. The molecule has 0 spiro atoms. The maximum absolute atomic E-state index is 13.3. The van der Waals surface area contributed by atoms with Crippen LogP contribution in [0.4, 0.5) is 14.5 Å². The van der Waals surface area contributed by atoms with Crippen molar-refractivity contribution in [2.45, 2.75) is 31.9 Å². The largest absolute Gasteiger partial charge is 0.391 e. The van der Waals surface area contributed by atoms with E-state index in [0.717, 1.165) is 18.2 Å². The van der Waals surface area contributed by atoms with Gasteiger partial charge in [0, 0.05) is 37.3 Å². The molecule has 23 heavy (non-hydrogen) atoms. The van der Waals surface area contributed by atoms with Crippen LogP contribution in [0.5, 0.6) is 0 Å². The highest BCUT2D eigenvalue weighted by Gasteiger charge is 2.41. The summed E-state index contributed by atoms with van der Waals surface area (Å²) in [7, 11) is 0. The number of amides is 2. The summed E-state index contributed by atoms with van der Waals surface area (Å²) in [6, 6.07) is 2.82. The quantitative estimate of drug-likeness (QED) is 0.892. The molecule has 0 unspecified atom stereocenters. The molecular formula is C16H18F2N2O3. The average molecular weight is 324 g/mol. The number of carbonyl (C=O) groups is 2. The van der Waals surface area contributed by atoms with Crippen LogP contribution in [0.15, 0.2) is 18.2 Å². The monoisotopic (exact) mass is 324 g/mol. The Balaban J connectivity index is 1.76. The highest BCUT2D eigenvalue weighted by atomic mass is 19.1. The molecule has 3 atom stereocenters. The maximum Gasteiger partial charge on any atom is 0.228 e. The third kappa shape index (κ3) is 3.06. The van der Waals surface area contributed by atoms with Gasteiger partial charge in [0.15, 0.2) is 0 Å². The van der Waals surface area contributed by atoms with Gasteiger partial charge in [0.1, 0.15) is 11.6 Å². The molecule has 7 heteroatoms. The predicted octanol–water partition coefficient (Wildman–Crippen LogP) is 1.30. The Morgan fingerprint density at radius 2 is 1.87 bits per heavy atom. The van der Waals surface area contributed by atoms with E-state index in [1.165, 1.54) is 4.90 Å². The van der Waals surface area contributed by atoms with Crippen molar-refractivity contribution in [2.24, 2.45) is 5.92 Å². The van der Waals surface area contributed by atoms with Gasteiger partial charge in [0.05, 0.1) is 12.0 Å². The van der Waals surface area contributed by atoms with E-state index in [-0.39, 0.29) is 43.1 Å². The average Bonchev–Trinajstić information content (AvgIpc) is 2.99. The molecule has 0 saturated carbocycles. The lowest BCUT2D eigenvalue weighted by atomic mass is 10.1. The van der Waals surface area contributed by atoms with Gasteiger partial charge in [-0.2, -0.15) is 0 Å². The summed E-state index contributed by atoms with van der Waals surface area (Å²) in [5.74, 6) is -2.61. The van der Waals surface area contributed by atoms with Crippen LogP contribution < -0.4 is 4.90 Å². The van der Waals surface area contributed by atoms with Crippen LogP contribution >= 0.6 is 0 Å². The van der Waals surface area contributed by atoms with Gasteiger partial charge in [0.25, 0.3) is 0 Å². The molecule has 1 N–H and O–H groups in total. The fraction of sp³-hybridized carbons (Fsp3) is 0.500. The summed E-state index contributed by atoms with van der Waals surface area (Å²) in [6.07, 6.45) is -0.0129. The van der Waals surface area contributed by atoms with Crippen molar-refractivity contribution in [3.8, 4) is 0 Å². The molecule has 2 aliphatic heterocycles. The number of hydrogen-bond acceptors (Lipinski definition) is 3. The van der Waals surface area contributed by atoms with Crippen LogP contribution in [0.3, 0.4) is 0 Å². The molecule has 3 rings (SSSR count). The number of benzene rings is 1. The molecule has 1 aromatic rings. The first-order valence-corrected chi connectivity index (χ1v) is 7.60. The first kappa shape index (κ1) is 15.9. The number of likely N-dealkylation sites (tertiary alicyclic amines) is 1. The predicted molar refractivity (Wildman–Crippen MR) is 78.6 cm³/mol. The molecule has 0 radical (unpaired) electrons. The van der Waals surface area contributed by atoms with Gasteiger partial charge in [-0.15, -0.1) is 0 Å². The molecule has 5 nitrogen and oxygen atoms in total. The number of hydrogen-bond donors (Lipinski definition) is 1. The van der Waals surface area contributed by atoms with Crippen molar-refractivity contribution >= 4 is 17.5 Å². The fourth-order valence-corrected chi connectivity index (χ4v) is 3.36. The van der Waals surface area contributed by atoms with Crippen molar-refractivity contribution in [3.63, 3.8) is 0 Å². The van der Waals surface area contributed by atoms with Crippen molar-refractivity contribution < 1.29 is 23.5 Å². The molecule has 2 saturated heterocycles. The zero-order valence-corrected chi connectivity index (χ0v) is 12.7. The second kappa shape index (κ2) is 5.88. The third-order valence-electron chi connectivity index (χ3n) is 4.47. The van der Waals surface area contributed by atoms with Gasteiger partial charge >= 0.3 is 0 Å². The lowest BCUT2D eigenvalue weighted by molar-refractivity contribution is -0.136. The maximum atomic E-state index is 13.3. The van der Waals surface area contributed by atoms with Crippen molar-refractivity contribution in [1.29, 1.82) is 0 Å². The van der Waals surface area contributed by atoms with Crippen LogP contribution in [0.1, 0.15) is 19.8 Å². The van der Waals surface area contributed by atoms with Gasteiger partial charge in [-0.3, -0.25) is 9.59 Å². The molecule has 2 aliphatic rings. The minimum Gasteiger partial charge on any atom is -0.391 e. The second-order valence-electron chi connectivity index (χ2n) is 6.26. The topological polar surface area (TPSA) is 60.9 Å². The SMILES string of the molecule is C[C@@H]1C[C@@H](O)CN1C(=O)[C@@H]1CC(=O)N(c2cc(F)cc(F)c2)C1. The van der Waals surface area contributed by atoms with Crippen LogP contribution in [-0.4, -0.2) is 47.1 Å². The molecule has 2 heterocycles. The fourth-order valence-electron chi connectivity index (χ4n) is 3.36. The van der Waals surface area contributed by atoms with Crippen LogP contribution in [0.25, 0.3) is 0 Å². The number of anilines is 1. The summed E-state index contributed by atoms with van der Waals surface area (Å²) in [4.78, 5) is 27.5. The third-order valence-corrected chi connectivity index (χ3v) is 4.47. The summed E-state index contributed by atoms with van der Waals surface area (Å²) >= 11 is 0. The number of nitrogens with zero attached hydrogens (tertiary/aromatic N) is 2. The smallest absolute Gasteiger partial charge is 0.228 e. The van der Waals surface area contributed by atoms with E-state index in [1.54, 1.807) is 4.90 Å². The Morgan fingerprint density at radius 3 is 2.43 bits per heavy atom. The second-order valence-corrected chi connectivity index (χ2v) is 6.26. The number of aliphatic hydroxyl groups excluding tert-OH is 1. The van der Waals surface area contributed by atoms with Gasteiger partial charge in [0.2, 0.25) is 11.8 Å². The lowest BCUT2D eigenvalue weighted by Gasteiger charge is -2.24. The Hall–Kier alpha value is -2.02. The first-order chi connectivity index (χ1) is 10.8. The minimum atomic E-state index is -0.765. The van der Waals surface area contributed by atoms with Gasteiger partial charge in [-0.1, -0.05) is 0 Å². The summed E-state index contributed by atoms with van der Waals surface area (Å²) < 4.78 is 26.6. The van der Waals surface area contributed by atoms with Crippen molar-refractivity contribution in [2.75, 3.05) is 18.0 Å². The molecule has 124 valence electrons. The summed E-state index contributed by atoms with van der Waals surface area (Å²) in [5, 5.41) is 9.65. The Bertz CT molecular complexity index is 632. The lowest BCUT2D eigenvalue weighted by Crippen LogP contribution is -2.40. The van der Waals surface area contributed by atoms with E-state index < -0.39 is 23.7 Å². The zero-order chi connectivity index (χ0) is 16.7. The van der Waals surface area contributed by atoms with Crippen molar-refractivity contribution in [3.05, 3.63) is 29.8 Å². The van der Waals surface area contributed by atoms with Crippen LogP contribution in [0.2, 0.25) is 0 Å². The standard InChI is InChI=1S/C16H18F2N2O3/c1-9-2-14(21)8-19(9)16(23)10-3-15(22)20(7-10)13-5-11(17)4-12(18)6-13/h4-6,9-10,14,21H,2-3,7-8H2,1H3/t9-,10-,14-/m1/s1. The number of halogens is 2.